The Bertz CT molecular complexity index is 859. The van der Waals surface area contributed by atoms with Crippen LogP contribution in [0.4, 0.5) is 0 Å². The average molecular weight is 243 g/mol. The average Bonchev–Trinajstić information content (AvgIpc) is 2.85. The molecule has 0 aliphatic carbocycles. The minimum Gasteiger partial charge on any atom is -0.339 e. The smallest absolute Gasteiger partial charge is 0.237 e. The number of hydrogen-bond acceptors (Lipinski definition) is 2. The number of imidazole rings is 1. The van der Waals surface area contributed by atoms with Gasteiger partial charge in [-0.3, -0.25) is 4.40 Å². The highest BCUT2D eigenvalue weighted by atomic mass is 35.5. The molecule has 0 aliphatic heterocycles. The Morgan fingerprint density at radius 2 is 2.06 bits per heavy atom. The number of nitrogens with one attached hydrogen (secondary N) is 1. The molecular formula is C12H7ClN4. The summed E-state index contributed by atoms with van der Waals surface area (Å²) in [5.41, 5.74) is 2.85. The Labute approximate surface area is 101 Å². The van der Waals surface area contributed by atoms with Crippen LogP contribution in [0.5, 0.6) is 0 Å². The lowest BCUT2D eigenvalue weighted by Gasteiger charge is -1.95. The second kappa shape index (κ2) is 2.99. The van der Waals surface area contributed by atoms with E-state index in [-0.39, 0.29) is 0 Å². The second-order valence-corrected chi connectivity index (χ2v) is 4.27. The number of benzene rings is 1. The van der Waals surface area contributed by atoms with Crippen LogP contribution in [0.25, 0.3) is 27.8 Å². The van der Waals surface area contributed by atoms with Gasteiger partial charge in [0.1, 0.15) is 16.3 Å². The standard InChI is InChI=1S/C12H7ClN4/c13-9-5-6-14-12-16-10-7-3-1-2-4-8(7)15-11(10)17(9)12/h1-6,15H. The maximum Gasteiger partial charge on any atom is 0.237 e. The van der Waals surface area contributed by atoms with Crippen molar-refractivity contribution in [2.75, 3.05) is 0 Å². The van der Waals surface area contributed by atoms with E-state index in [0.29, 0.717) is 10.9 Å². The van der Waals surface area contributed by atoms with Crippen LogP contribution in [0, 0.1) is 0 Å². The largest absolute Gasteiger partial charge is 0.339 e. The highest BCUT2D eigenvalue weighted by Crippen LogP contribution is 2.26. The van der Waals surface area contributed by atoms with E-state index in [9.17, 15) is 0 Å². The van der Waals surface area contributed by atoms with Crippen LogP contribution in [-0.2, 0) is 0 Å². The van der Waals surface area contributed by atoms with Crippen molar-refractivity contribution < 1.29 is 0 Å². The molecule has 0 atom stereocenters. The quantitative estimate of drug-likeness (QED) is 0.482. The summed E-state index contributed by atoms with van der Waals surface area (Å²) in [7, 11) is 0. The van der Waals surface area contributed by atoms with Crippen LogP contribution in [0.1, 0.15) is 0 Å². The van der Waals surface area contributed by atoms with Crippen LogP contribution < -0.4 is 0 Å². The summed E-state index contributed by atoms with van der Waals surface area (Å²) in [6, 6.07) is 9.79. The van der Waals surface area contributed by atoms with Gasteiger partial charge in [-0.05, 0) is 12.1 Å². The van der Waals surface area contributed by atoms with Gasteiger partial charge in [0, 0.05) is 17.1 Å². The Balaban J connectivity index is 2.35. The third-order valence-electron chi connectivity index (χ3n) is 2.91. The predicted octanol–water partition coefficient (Wildman–Crippen LogP) is 3.02. The summed E-state index contributed by atoms with van der Waals surface area (Å²) in [4.78, 5) is 12.0. The number of aromatic amines is 1. The van der Waals surface area contributed by atoms with Gasteiger partial charge < -0.3 is 4.98 Å². The van der Waals surface area contributed by atoms with Crippen molar-refractivity contribution >= 4 is 39.4 Å². The molecule has 0 fully saturated rings. The SMILES string of the molecule is Clc1ccnc2nc3c4ccccc4[nH]c3n12. The molecule has 3 aromatic heterocycles. The Morgan fingerprint density at radius 1 is 1.18 bits per heavy atom. The molecule has 4 rings (SSSR count). The summed E-state index contributed by atoms with van der Waals surface area (Å²) in [6.07, 6.45) is 1.66. The van der Waals surface area contributed by atoms with Crippen molar-refractivity contribution in [1.29, 1.82) is 0 Å². The molecule has 82 valence electrons. The van der Waals surface area contributed by atoms with E-state index in [2.05, 4.69) is 15.0 Å². The molecule has 0 amide bonds. The summed E-state index contributed by atoms with van der Waals surface area (Å²) in [6.45, 7) is 0. The number of halogens is 1. The third kappa shape index (κ3) is 1.08. The Kier molecular flexibility index (Phi) is 1.58. The molecule has 0 spiro atoms. The van der Waals surface area contributed by atoms with Crippen molar-refractivity contribution in [3.05, 3.63) is 41.7 Å². The Morgan fingerprint density at radius 3 is 3.00 bits per heavy atom. The lowest BCUT2D eigenvalue weighted by molar-refractivity contribution is 1.12. The molecule has 1 N–H and O–H groups in total. The normalized spacial score (nSPS) is 11.8. The summed E-state index contributed by atoms with van der Waals surface area (Å²) in [5, 5.41) is 1.69. The highest BCUT2D eigenvalue weighted by Gasteiger charge is 2.12. The van der Waals surface area contributed by atoms with E-state index in [4.69, 9.17) is 11.6 Å². The van der Waals surface area contributed by atoms with Crippen molar-refractivity contribution in [3.8, 4) is 0 Å². The topological polar surface area (TPSA) is 46.0 Å². The second-order valence-electron chi connectivity index (χ2n) is 3.88. The molecule has 0 aliphatic rings. The minimum atomic E-state index is 0.601. The number of aromatic nitrogens is 4. The van der Waals surface area contributed by atoms with E-state index in [0.717, 1.165) is 22.1 Å². The third-order valence-corrected chi connectivity index (χ3v) is 3.21. The molecule has 0 bridgehead atoms. The molecule has 0 radical (unpaired) electrons. The van der Waals surface area contributed by atoms with E-state index in [1.54, 1.807) is 12.3 Å². The zero-order chi connectivity index (χ0) is 11.4. The van der Waals surface area contributed by atoms with Crippen molar-refractivity contribution in [2.24, 2.45) is 0 Å². The van der Waals surface area contributed by atoms with Crippen LogP contribution >= 0.6 is 11.6 Å². The van der Waals surface area contributed by atoms with Gasteiger partial charge in [-0.25, -0.2) is 9.97 Å². The van der Waals surface area contributed by atoms with E-state index in [1.165, 1.54) is 0 Å². The van der Waals surface area contributed by atoms with Crippen LogP contribution in [0.3, 0.4) is 0 Å². The lowest BCUT2D eigenvalue weighted by Crippen LogP contribution is -1.89. The van der Waals surface area contributed by atoms with Crippen LogP contribution in [0.15, 0.2) is 36.5 Å². The van der Waals surface area contributed by atoms with Crippen LogP contribution in [-0.4, -0.2) is 19.4 Å². The molecule has 0 saturated heterocycles. The fourth-order valence-corrected chi connectivity index (χ4v) is 2.38. The molecule has 4 aromatic rings. The number of fused-ring (bicyclic) bond motifs is 5. The molecule has 4 nitrogen and oxygen atoms in total. The van der Waals surface area contributed by atoms with Gasteiger partial charge in [-0.2, -0.15) is 0 Å². The summed E-state index contributed by atoms with van der Waals surface area (Å²) >= 11 is 6.17. The molecule has 3 heterocycles. The van der Waals surface area contributed by atoms with E-state index in [1.807, 2.05) is 28.7 Å². The van der Waals surface area contributed by atoms with Gasteiger partial charge in [0.15, 0.2) is 0 Å². The Hall–Kier alpha value is -2.07. The zero-order valence-electron chi connectivity index (χ0n) is 8.68. The zero-order valence-corrected chi connectivity index (χ0v) is 9.44. The summed E-state index contributed by atoms with van der Waals surface area (Å²) < 4.78 is 1.82. The molecule has 0 unspecified atom stereocenters. The monoisotopic (exact) mass is 242 g/mol. The molecule has 0 saturated carbocycles. The van der Waals surface area contributed by atoms with Crippen LogP contribution in [0.2, 0.25) is 5.15 Å². The van der Waals surface area contributed by atoms with Gasteiger partial charge in [-0.15, -0.1) is 0 Å². The van der Waals surface area contributed by atoms with Crippen molar-refractivity contribution in [1.82, 2.24) is 19.4 Å². The maximum atomic E-state index is 6.17. The van der Waals surface area contributed by atoms with Gasteiger partial charge in [0.05, 0.1) is 0 Å². The number of rotatable bonds is 0. The number of H-pyrrole nitrogens is 1. The number of para-hydroxylation sites is 1. The first kappa shape index (κ1) is 9.01. The molecule has 1 aromatic carbocycles. The predicted molar refractivity (Wildman–Crippen MR) is 67.4 cm³/mol. The minimum absolute atomic E-state index is 0.601. The molecule has 17 heavy (non-hydrogen) atoms. The van der Waals surface area contributed by atoms with Gasteiger partial charge >= 0.3 is 0 Å². The van der Waals surface area contributed by atoms with E-state index < -0.39 is 0 Å². The fourth-order valence-electron chi connectivity index (χ4n) is 2.17. The first-order valence-corrected chi connectivity index (χ1v) is 5.62. The summed E-state index contributed by atoms with van der Waals surface area (Å²) in [5.74, 6) is 0.615. The number of hydrogen-bond donors (Lipinski definition) is 1. The maximum absolute atomic E-state index is 6.17. The van der Waals surface area contributed by atoms with E-state index >= 15 is 0 Å². The van der Waals surface area contributed by atoms with Gasteiger partial charge in [0.2, 0.25) is 5.78 Å². The molecule has 5 heteroatoms. The molecular weight excluding hydrogens is 236 g/mol. The first-order chi connectivity index (χ1) is 8.34. The first-order valence-electron chi connectivity index (χ1n) is 5.24. The van der Waals surface area contributed by atoms with Crippen molar-refractivity contribution in [2.45, 2.75) is 0 Å². The number of nitrogens with zero attached hydrogens (tertiary/aromatic N) is 3. The van der Waals surface area contributed by atoms with Gasteiger partial charge in [0.25, 0.3) is 0 Å². The van der Waals surface area contributed by atoms with Gasteiger partial charge in [-0.1, -0.05) is 29.8 Å². The highest BCUT2D eigenvalue weighted by molar-refractivity contribution is 6.30. The van der Waals surface area contributed by atoms with Crippen molar-refractivity contribution in [3.63, 3.8) is 0 Å². The fraction of sp³-hybridized carbons (Fsp3) is 0. The lowest BCUT2D eigenvalue weighted by atomic mass is 10.2.